The number of aryl methyl sites for hydroxylation is 2. The van der Waals surface area contributed by atoms with Crippen molar-refractivity contribution in [3.63, 3.8) is 0 Å². The summed E-state index contributed by atoms with van der Waals surface area (Å²) in [5, 5.41) is 16.0. The van der Waals surface area contributed by atoms with E-state index in [-0.39, 0.29) is 25.7 Å². The van der Waals surface area contributed by atoms with E-state index < -0.39 is 5.60 Å². The van der Waals surface area contributed by atoms with Gasteiger partial charge < -0.3 is 29.0 Å². The zero-order valence-corrected chi connectivity index (χ0v) is 23.6. The minimum atomic E-state index is -1.27. The first-order valence-corrected chi connectivity index (χ1v) is 13.6. The number of β-amino-alcohol motifs (C(OH)–C–C–N with tert-alkyl or cyclic N) is 1. The average molecular weight is 553 g/mol. The second kappa shape index (κ2) is 14.2. The van der Waals surface area contributed by atoms with E-state index in [2.05, 4.69) is 10.00 Å². The molecule has 1 aliphatic rings. The Kier molecular flexibility index (Phi) is 10.4. The van der Waals surface area contributed by atoms with Crippen LogP contribution in [0, 0.1) is 6.92 Å². The van der Waals surface area contributed by atoms with Crippen LogP contribution in [0.2, 0.25) is 0 Å². The second-order valence-electron chi connectivity index (χ2n) is 10.3. The van der Waals surface area contributed by atoms with Crippen molar-refractivity contribution in [3.8, 4) is 17.2 Å². The normalized spacial score (nSPS) is 17.9. The highest BCUT2D eigenvalue weighted by Gasteiger charge is 2.37. The summed E-state index contributed by atoms with van der Waals surface area (Å²) in [4.78, 5) is 16.5. The first-order valence-electron chi connectivity index (χ1n) is 13.6. The van der Waals surface area contributed by atoms with Gasteiger partial charge in [-0.15, -0.1) is 0 Å². The third kappa shape index (κ3) is 8.45. The lowest BCUT2D eigenvalue weighted by atomic mass is 10.0. The van der Waals surface area contributed by atoms with Crippen LogP contribution >= 0.6 is 0 Å². The molecule has 216 valence electrons. The molecule has 10 nitrogen and oxygen atoms in total. The van der Waals surface area contributed by atoms with Crippen molar-refractivity contribution >= 4 is 5.91 Å². The van der Waals surface area contributed by atoms with Gasteiger partial charge in [-0.05, 0) is 42.3 Å². The van der Waals surface area contributed by atoms with Gasteiger partial charge in [0, 0.05) is 52.5 Å². The van der Waals surface area contributed by atoms with Crippen LogP contribution in [0.5, 0.6) is 17.2 Å². The molecule has 4 rings (SSSR count). The third-order valence-corrected chi connectivity index (χ3v) is 6.75. The quantitative estimate of drug-likeness (QED) is 0.324. The third-order valence-electron chi connectivity index (χ3n) is 6.75. The molecule has 2 heterocycles. The van der Waals surface area contributed by atoms with Crippen molar-refractivity contribution in [1.29, 1.82) is 0 Å². The van der Waals surface area contributed by atoms with Gasteiger partial charge >= 0.3 is 0 Å². The SMILES string of the molecule is COCC(=O)N1CCN(Cc2ccc(OCCCn3cc(C)cn3)c(OC)c2)C[C@@](O)(COc2ccccc2)C1. The Morgan fingerprint density at radius 3 is 2.60 bits per heavy atom. The van der Waals surface area contributed by atoms with E-state index in [1.54, 1.807) is 12.0 Å². The molecule has 0 radical (unpaired) electrons. The van der Waals surface area contributed by atoms with Crippen molar-refractivity contribution < 1.29 is 28.8 Å². The lowest BCUT2D eigenvalue weighted by molar-refractivity contribution is -0.138. The van der Waals surface area contributed by atoms with Gasteiger partial charge in [-0.1, -0.05) is 24.3 Å². The first kappa shape index (κ1) is 29.4. The van der Waals surface area contributed by atoms with Gasteiger partial charge in [-0.3, -0.25) is 14.4 Å². The number of nitrogens with zero attached hydrogens (tertiary/aromatic N) is 4. The minimum Gasteiger partial charge on any atom is -0.493 e. The number of aromatic nitrogens is 2. The summed E-state index contributed by atoms with van der Waals surface area (Å²) >= 11 is 0. The number of rotatable bonds is 13. The van der Waals surface area contributed by atoms with Gasteiger partial charge in [0.15, 0.2) is 11.5 Å². The second-order valence-corrected chi connectivity index (χ2v) is 10.3. The number of methoxy groups -OCH3 is 2. The Balaban J connectivity index is 1.40. The molecule has 1 aliphatic heterocycles. The molecule has 2 aromatic carbocycles. The van der Waals surface area contributed by atoms with Crippen molar-refractivity contribution in [3.05, 3.63) is 72.1 Å². The Morgan fingerprint density at radius 2 is 1.88 bits per heavy atom. The van der Waals surface area contributed by atoms with Gasteiger partial charge in [-0.2, -0.15) is 5.10 Å². The maximum atomic E-state index is 12.7. The predicted octanol–water partition coefficient (Wildman–Crippen LogP) is 2.77. The van der Waals surface area contributed by atoms with Gasteiger partial charge in [0.1, 0.15) is 24.6 Å². The smallest absolute Gasteiger partial charge is 0.248 e. The van der Waals surface area contributed by atoms with Crippen molar-refractivity contribution in [2.24, 2.45) is 0 Å². The Morgan fingerprint density at radius 1 is 1.05 bits per heavy atom. The van der Waals surface area contributed by atoms with Crippen LogP contribution in [-0.4, -0.2) is 96.4 Å². The topological polar surface area (TPSA) is 98.5 Å². The van der Waals surface area contributed by atoms with E-state index in [0.29, 0.717) is 50.0 Å². The number of carbonyl (C=O) groups excluding carboxylic acids is 1. The summed E-state index contributed by atoms with van der Waals surface area (Å²) in [6, 6.07) is 15.3. The van der Waals surface area contributed by atoms with Gasteiger partial charge in [0.25, 0.3) is 0 Å². The number of amides is 1. The molecule has 1 amide bonds. The molecule has 0 aliphatic carbocycles. The summed E-state index contributed by atoms with van der Waals surface area (Å²) in [6.45, 7) is 5.50. The zero-order valence-electron chi connectivity index (χ0n) is 23.6. The largest absolute Gasteiger partial charge is 0.493 e. The van der Waals surface area contributed by atoms with E-state index in [4.69, 9.17) is 18.9 Å². The monoisotopic (exact) mass is 552 g/mol. The number of para-hydroxylation sites is 1. The summed E-state index contributed by atoms with van der Waals surface area (Å²) in [7, 11) is 3.12. The molecule has 1 saturated heterocycles. The van der Waals surface area contributed by atoms with Gasteiger partial charge in [0.2, 0.25) is 5.91 Å². The average Bonchev–Trinajstić information content (AvgIpc) is 3.29. The number of carbonyl (C=O) groups is 1. The van der Waals surface area contributed by atoms with Crippen molar-refractivity contribution in [2.75, 3.05) is 60.2 Å². The number of benzene rings is 2. The first-order chi connectivity index (χ1) is 19.4. The Bertz CT molecular complexity index is 1220. The maximum Gasteiger partial charge on any atom is 0.248 e. The lowest BCUT2D eigenvalue weighted by Gasteiger charge is -2.33. The number of ether oxygens (including phenoxy) is 4. The van der Waals surface area contributed by atoms with Crippen LogP contribution in [-0.2, 0) is 22.6 Å². The molecule has 3 aromatic rings. The standard InChI is InChI=1S/C30H40N4O6/c1-24-17-31-34(18-24)12-7-15-39-27-11-10-25(16-28(27)38-3)19-32-13-14-33(29(35)20-37-2)22-30(36,21-32)23-40-26-8-5-4-6-9-26/h4-6,8-11,16-18,36H,7,12-15,19-23H2,1-3H3/t30-/m0/s1. The van der Waals surface area contributed by atoms with Gasteiger partial charge in [-0.25, -0.2) is 0 Å². The van der Waals surface area contributed by atoms with E-state index in [1.165, 1.54) is 7.11 Å². The molecule has 0 saturated carbocycles. The Hall–Kier alpha value is -3.60. The Labute approximate surface area is 236 Å². The van der Waals surface area contributed by atoms with E-state index in [0.717, 1.165) is 24.1 Å². The molecule has 0 unspecified atom stereocenters. The molecule has 1 aromatic heterocycles. The predicted molar refractivity (Wildman–Crippen MR) is 151 cm³/mol. The summed E-state index contributed by atoms with van der Waals surface area (Å²) in [5.41, 5.74) is 0.883. The highest BCUT2D eigenvalue weighted by molar-refractivity contribution is 5.77. The maximum absolute atomic E-state index is 12.7. The highest BCUT2D eigenvalue weighted by Crippen LogP contribution is 2.29. The van der Waals surface area contributed by atoms with Crippen LogP contribution in [0.4, 0.5) is 0 Å². The molecule has 10 heteroatoms. The highest BCUT2D eigenvalue weighted by atomic mass is 16.5. The molecule has 1 N–H and O–H groups in total. The fourth-order valence-electron chi connectivity index (χ4n) is 4.82. The molecular weight excluding hydrogens is 512 g/mol. The van der Waals surface area contributed by atoms with Crippen molar-refractivity contribution in [2.45, 2.75) is 32.0 Å². The fraction of sp³-hybridized carbons (Fsp3) is 0.467. The van der Waals surface area contributed by atoms with Crippen molar-refractivity contribution in [1.82, 2.24) is 19.6 Å². The molecule has 0 bridgehead atoms. The minimum absolute atomic E-state index is 0.0319. The van der Waals surface area contributed by atoms with E-state index in [1.807, 2.05) is 72.5 Å². The number of aliphatic hydroxyl groups is 1. The van der Waals surface area contributed by atoms with Crippen LogP contribution < -0.4 is 14.2 Å². The lowest BCUT2D eigenvalue weighted by Crippen LogP contribution is -2.52. The van der Waals surface area contributed by atoms with E-state index in [9.17, 15) is 9.90 Å². The van der Waals surface area contributed by atoms with E-state index >= 15 is 0 Å². The summed E-state index contributed by atoms with van der Waals surface area (Å²) in [5.74, 6) is 1.85. The molecule has 1 atom stereocenters. The zero-order chi connectivity index (χ0) is 28.4. The fourth-order valence-corrected chi connectivity index (χ4v) is 4.82. The number of hydrogen-bond donors (Lipinski definition) is 1. The van der Waals surface area contributed by atoms with Crippen LogP contribution in [0.3, 0.4) is 0 Å². The van der Waals surface area contributed by atoms with Crippen LogP contribution in [0.15, 0.2) is 60.9 Å². The molecular formula is C30H40N4O6. The molecule has 1 fully saturated rings. The number of hydrogen-bond acceptors (Lipinski definition) is 8. The van der Waals surface area contributed by atoms with Gasteiger partial charge in [0.05, 0.1) is 26.5 Å². The molecule has 40 heavy (non-hydrogen) atoms. The van der Waals surface area contributed by atoms with Crippen LogP contribution in [0.1, 0.15) is 17.5 Å². The summed E-state index contributed by atoms with van der Waals surface area (Å²) < 4.78 is 24.5. The summed E-state index contributed by atoms with van der Waals surface area (Å²) in [6.07, 6.45) is 4.68. The molecule has 0 spiro atoms. The van der Waals surface area contributed by atoms with Crippen LogP contribution in [0.25, 0.3) is 0 Å².